The minimum absolute atomic E-state index is 0.225. The number of aryl methyl sites for hydroxylation is 1. The van der Waals surface area contributed by atoms with Crippen molar-refractivity contribution in [3.05, 3.63) is 34.6 Å². The molecule has 0 saturated heterocycles. The maximum absolute atomic E-state index is 13.9. The first-order valence-corrected chi connectivity index (χ1v) is 5.37. The summed E-state index contributed by atoms with van der Waals surface area (Å²) < 4.78 is 13.9. The minimum Gasteiger partial charge on any atom is -0.290 e. The molecule has 0 spiro atoms. The molecule has 1 aliphatic carbocycles. The van der Waals surface area contributed by atoms with Crippen LogP contribution in [0, 0.1) is 19.7 Å². The average Bonchev–Trinajstić information content (AvgIpc) is 3.07. The van der Waals surface area contributed by atoms with Crippen molar-refractivity contribution >= 4 is 5.84 Å². The molecule has 1 fully saturated rings. The van der Waals surface area contributed by atoms with Gasteiger partial charge < -0.3 is 0 Å². The standard InChI is InChI=1S/C12H15FN2O/c1-7-3-6-10(11(13)8(7)2)12(15-16)14-9-4-5-9/h3,6,9,16H,4-5H2,1-2H3,(H,14,15). The molecule has 0 amide bonds. The zero-order valence-corrected chi connectivity index (χ0v) is 9.42. The Bertz CT molecular complexity index is 439. The zero-order valence-electron chi connectivity index (χ0n) is 9.42. The number of hydrogen-bond acceptors (Lipinski definition) is 2. The Morgan fingerprint density at radius 2 is 2.12 bits per heavy atom. The molecule has 1 aliphatic rings. The molecule has 86 valence electrons. The third-order valence-corrected chi connectivity index (χ3v) is 2.88. The molecule has 3 nitrogen and oxygen atoms in total. The van der Waals surface area contributed by atoms with Crippen LogP contribution < -0.4 is 5.48 Å². The first-order valence-electron chi connectivity index (χ1n) is 5.37. The summed E-state index contributed by atoms with van der Waals surface area (Å²) >= 11 is 0. The van der Waals surface area contributed by atoms with Gasteiger partial charge in [-0.3, -0.25) is 15.7 Å². The maximum Gasteiger partial charge on any atom is 0.155 e. The molecule has 0 atom stereocenters. The van der Waals surface area contributed by atoms with Crippen LogP contribution in [0.1, 0.15) is 29.5 Å². The number of amidine groups is 1. The second-order valence-corrected chi connectivity index (χ2v) is 4.19. The van der Waals surface area contributed by atoms with Crippen LogP contribution >= 0.6 is 0 Å². The van der Waals surface area contributed by atoms with E-state index in [0.29, 0.717) is 11.1 Å². The topological polar surface area (TPSA) is 44.6 Å². The van der Waals surface area contributed by atoms with Gasteiger partial charge in [-0.1, -0.05) is 6.07 Å². The smallest absolute Gasteiger partial charge is 0.155 e. The first-order chi connectivity index (χ1) is 7.63. The van der Waals surface area contributed by atoms with Crippen LogP contribution in [-0.4, -0.2) is 17.1 Å². The van der Waals surface area contributed by atoms with Crippen LogP contribution in [-0.2, 0) is 0 Å². The predicted octanol–water partition coefficient (Wildman–Crippen LogP) is 2.33. The van der Waals surface area contributed by atoms with Crippen LogP contribution in [0.4, 0.5) is 4.39 Å². The van der Waals surface area contributed by atoms with E-state index in [1.54, 1.807) is 13.0 Å². The lowest BCUT2D eigenvalue weighted by molar-refractivity contribution is 0.234. The van der Waals surface area contributed by atoms with E-state index in [0.717, 1.165) is 18.4 Å². The largest absolute Gasteiger partial charge is 0.290 e. The molecule has 2 N–H and O–H groups in total. The maximum atomic E-state index is 13.9. The van der Waals surface area contributed by atoms with Gasteiger partial charge in [-0.05, 0) is 43.9 Å². The quantitative estimate of drug-likeness (QED) is 0.458. The number of nitrogens with one attached hydrogen (secondary N) is 1. The van der Waals surface area contributed by atoms with Crippen molar-refractivity contribution < 1.29 is 9.60 Å². The number of rotatable bonds is 2. The summed E-state index contributed by atoms with van der Waals surface area (Å²) in [4.78, 5) is 4.22. The molecule has 0 bridgehead atoms. The number of hydrogen-bond donors (Lipinski definition) is 2. The molecule has 2 rings (SSSR count). The minimum atomic E-state index is -0.319. The van der Waals surface area contributed by atoms with E-state index in [1.165, 1.54) is 0 Å². The van der Waals surface area contributed by atoms with Crippen molar-refractivity contribution in [2.24, 2.45) is 4.99 Å². The molecule has 0 radical (unpaired) electrons. The van der Waals surface area contributed by atoms with Gasteiger partial charge in [0.1, 0.15) is 5.82 Å². The van der Waals surface area contributed by atoms with Crippen molar-refractivity contribution in [2.45, 2.75) is 32.7 Å². The molecular weight excluding hydrogens is 207 g/mol. The van der Waals surface area contributed by atoms with Crippen LogP contribution in [0.3, 0.4) is 0 Å². The predicted molar refractivity (Wildman–Crippen MR) is 60.4 cm³/mol. The normalized spacial score (nSPS) is 16.4. The van der Waals surface area contributed by atoms with Gasteiger partial charge in [0.05, 0.1) is 11.6 Å². The molecule has 1 saturated carbocycles. The van der Waals surface area contributed by atoms with Gasteiger partial charge in [-0.15, -0.1) is 0 Å². The van der Waals surface area contributed by atoms with Crippen LogP contribution in [0.25, 0.3) is 0 Å². The highest BCUT2D eigenvalue weighted by atomic mass is 19.1. The van der Waals surface area contributed by atoms with Crippen molar-refractivity contribution in [3.8, 4) is 0 Å². The summed E-state index contributed by atoms with van der Waals surface area (Å²) in [7, 11) is 0. The van der Waals surface area contributed by atoms with Crippen molar-refractivity contribution in [3.63, 3.8) is 0 Å². The fourth-order valence-corrected chi connectivity index (χ4v) is 1.51. The van der Waals surface area contributed by atoms with E-state index in [2.05, 4.69) is 4.99 Å². The Labute approximate surface area is 94.0 Å². The lowest BCUT2D eigenvalue weighted by atomic mass is 10.0. The Balaban J connectivity index is 2.41. The summed E-state index contributed by atoms with van der Waals surface area (Å²) in [6.45, 7) is 3.58. The number of hydroxylamine groups is 1. The number of aliphatic imine (C=N–C) groups is 1. The molecule has 1 aromatic rings. The second kappa shape index (κ2) is 4.22. The Hall–Kier alpha value is -1.42. The van der Waals surface area contributed by atoms with Gasteiger partial charge in [-0.2, -0.15) is 0 Å². The fraction of sp³-hybridized carbons (Fsp3) is 0.417. The summed E-state index contributed by atoms with van der Waals surface area (Å²) in [6, 6.07) is 3.70. The lowest BCUT2D eigenvalue weighted by Gasteiger charge is -2.09. The van der Waals surface area contributed by atoms with Gasteiger partial charge in [0.2, 0.25) is 0 Å². The van der Waals surface area contributed by atoms with Crippen LogP contribution in [0.15, 0.2) is 17.1 Å². The van der Waals surface area contributed by atoms with Crippen molar-refractivity contribution in [1.82, 2.24) is 5.48 Å². The van der Waals surface area contributed by atoms with E-state index in [9.17, 15) is 4.39 Å². The third-order valence-electron chi connectivity index (χ3n) is 2.88. The summed E-state index contributed by atoms with van der Waals surface area (Å²) in [5.41, 5.74) is 3.81. The summed E-state index contributed by atoms with van der Waals surface area (Å²) in [6.07, 6.45) is 2.02. The lowest BCUT2D eigenvalue weighted by Crippen LogP contribution is -2.22. The number of benzene rings is 1. The molecule has 4 heteroatoms. The van der Waals surface area contributed by atoms with Gasteiger partial charge in [0.15, 0.2) is 5.84 Å². The van der Waals surface area contributed by atoms with Gasteiger partial charge >= 0.3 is 0 Å². The summed E-state index contributed by atoms with van der Waals surface area (Å²) in [5.74, 6) is -0.0935. The number of halogens is 1. The molecule has 0 heterocycles. The third kappa shape index (κ3) is 2.07. The molecule has 0 aliphatic heterocycles. The van der Waals surface area contributed by atoms with Crippen molar-refractivity contribution in [2.75, 3.05) is 0 Å². The van der Waals surface area contributed by atoms with E-state index >= 15 is 0 Å². The fourth-order valence-electron chi connectivity index (χ4n) is 1.51. The Morgan fingerprint density at radius 1 is 1.44 bits per heavy atom. The van der Waals surface area contributed by atoms with Crippen LogP contribution in [0.2, 0.25) is 0 Å². The van der Waals surface area contributed by atoms with E-state index in [1.807, 2.05) is 18.5 Å². The molecule has 0 aromatic heterocycles. The Morgan fingerprint density at radius 3 is 2.69 bits per heavy atom. The monoisotopic (exact) mass is 222 g/mol. The van der Waals surface area contributed by atoms with E-state index < -0.39 is 0 Å². The zero-order chi connectivity index (χ0) is 11.7. The van der Waals surface area contributed by atoms with Crippen molar-refractivity contribution in [1.29, 1.82) is 0 Å². The van der Waals surface area contributed by atoms with Gasteiger partial charge in [-0.25, -0.2) is 4.39 Å². The molecular formula is C12H15FN2O. The highest BCUT2D eigenvalue weighted by Crippen LogP contribution is 2.25. The highest BCUT2D eigenvalue weighted by molar-refractivity contribution is 5.98. The molecule has 1 aromatic carbocycles. The van der Waals surface area contributed by atoms with E-state index in [-0.39, 0.29) is 17.7 Å². The van der Waals surface area contributed by atoms with Crippen LogP contribution in [0.5, 0.6) is 0 Å². The Kier molecular flexibility index (Phi) is 2.92. The molecule has 16 heavy (non-hydrogen) atoms. The highest BCUT2D eigenvalue weighted by Gasteiger charge is 2.22. The summed E-state index contributed by atoms with van der Waals surface area (Å²) in [5, 5.41) is 8.99. The van der Waals surface area contributed by atoms with E-state index in [4.69, 9.17) is 5.21 Å². The first kappa shape index (κ1) is 11.1. The van der Waals surface area contributed by atoms with Gasteiger partial charge in [0.25, 0.3) is 0 Å². The second-order valence-electron chi connectivity index (χ2n) is 4.19. The van der Waals surface area contributed by atoms with Gasteiger partial charge in [0, 0.05) is 0 Å². The SMILES string of the molecule is Cc1ccc(C(=NC2CC2)NO)c(F)c1C. The average molecular weight is 222 g/mol. The number of nitrogens with zero attached hydrogens (tertiary/aromatic N) is 1. The molecule has 0 unspecified atom stereocenters.